The zero-order valence-electron chi connectivity index (χ0n) is 16.2. The van der Waals surface area contributed by atoms with Crippen molar-refractivity contribution in [1.82, 2.24) is 5.43 Å². The van der Waals surface area contributed by atoms with Gasteiger partial charge >= 0.3 is 5.97 Å². The van der Waals surface area contributed by atoms with E-state index in [4.69, 9.17) is 9.47 Å². The molecule has 6 nitrogen and oxygen atoms in total. The van der Waals surface area contributed by atoms with Crippen molar-refractivity contribution < 1.29 is 23.5 Å². The molecule has 7 heteroatoms. The van der Waals surface area contributed by atoms with Gasteiger partial charge in [0.05, 0.1) is 23.9 Å². The average molecular weight is 406 g/mol. The van der Waals surface area contributed by atoms with Crippen LogP contribution in [0.15, 0.2) is 77.9 Å². The Balaban J connectivity index is 1.71. The predicted molar refractivity (Wildman–Crippen MR) is 110 cm³/mol. The monoisotopic (exact) mass is 406 g/mol. The summed E-state index contributed by atoms with van der Waals surface area (Å²) in [5.74, 6) is -1.18. The minimum atomic E-state index is -0.664. The third-order valence-electron chi connectivity index (χ3n) is 3.98. The van der Waals surface area contributed by atoms with Gasteiger partial charge in [-0.05, 0) is 55.0 Å². The number of hydrogen-bond donors (Lipinski definition) is 1. The van der Waals surface area contributed by atoms with Crippen LogP contribution in [0.5, 0.6) is 11.5 Å². The number of hydrazone groups is 1. The third kappa shape index (κ3) is 5.29. The fraction of sp³-hybridized carbons (Fsp3) is 0.0870. The summed E-state index contributed by atoms with van der Waals surface area (Å²) in [5.41, 5.74) is 3.18. The van der Waals surface area contributed by atoms with E-state index in [1.807, 2.05) is 6.07 Å². The number of nitrogens with one attached hydrogen (secondary N) is 1. The lowest BCUT2D eigenvalue weighted by Gasteiger charge is -2.11. The number of carbonyl (C=O) groups is 2. The van der Waals surface area contributed by atoms with Crippen molar-refractivity contribution >= 4 is 18.1 Å². The molecule has 0 aliphatic carbocycles. The first-order valence-corrected chi connectivity index (χ1v) is 9.20. The molecule has 1 N–H and O–H groups in total. The van der Waals surface area contributed by atoms with E-state index in [1.54, 1.807) is 55.5 Å². The second kappa shape index (κ2) is 9.97. The van der Waals surface area contributed by atoms with Crippen LogP contribution in [-0.2, 0) is 0 Å². The molecule has 1 amide bonds. The summed E-state index contributed by atoms with van der Waals surface area (Å²) in [6.45, 7) is 2.17. The summed E-state index contributed by atoms with van der Waals surface area (Å²) in [6.07, 6.45) is 1.38. The summed E-state index contributed by atoms with van der Waals surface area (Å²) >= 11 is 0. The van der Waals surface area contributed by atoms with E-state index in [0.717, 1.165) is 0 Å². The van der Waals surface area contributed by atoms with E-state index in [-0.39, 0.29) is 11.3 Å². The van der Waals surface area contributed by atoms with Crippen LogP contribution in [0.3, 0.4) is 0 Å². The van der Waals surface area contributed by atoms with Crippen molar-refractivity contribution in [2.45, 2.75) is 6.92 Å². The zero-order chi connectivity index (χ0) is 21.3. The van der Waals surface area contributed by atoms with Gasteiger partial charge in [-0.1, -0.05) is 30.3 Å². The Hall–Kier alpha value is -4.00. The van der Waals surface area contributed by atoms with E-state index >= 15 is 0 Å². The molecule has 3 rings (SSSR count). The molecule has 0 radical (unpaired) electrons. The summed E-state index contributed by atoms with van der Waals surface area (Å²) in [7, 11) is 0. The van der Waals surface area contributed by atoms with Gasteiger partial charge in [0.15, 0.2) is 11.5 Å². The third-order valence-corrected chi connectivity index (χ3v) is 3.98. The largest absolute Gasteiger partial charge is 0.490 e. The van der Waals surface area contributed by atoms with Crippen molar-refractivity contribution in [2.24, 2.45) is 5.10 Å². The van der Waals surface area contributed by atoms with E-state index in [9.17, 15) is 14.0 Å². The van der Waals surface area contributed by atoms with Crippen LogP contribution in [-0.4, -0.2) is 24.7 Å². The Kier molecular flexibility index (Phi) is 6.89. The first-order valence-electron chi connectivity index (χ1n) is 9.20. The van der Waals surface area contributed by atoms with Crippen LogP contribution < -0.4 is 14.9 Å². The van der Waals surface area contributed by atoms with Crippen molar-refractivity contribution in [3.63, 3.8) is 0 Å². The van der Waals surface area contributed by atoms with Gasteiger partial charge in [0.2, 0.25) is 0 Å². The number of rotatable bonds is 7. The molecule has 3 aromatic carbocycles. The number of amides is 1. The lowest BCUT2D eigenvalue weighted by molar-refractivity contribution is 0.0728. The summed E-state index contributed by atoms with van der Waals surface area (Å²) in [5, 5.41) is 3.84. The van der Waals surface area contributed by atoms with Crippen molar-refractivity contribution in [3.8, 4) is 11.5 Å². The highest BCUT2D eigenvalue weighted by Crippen LogP contribution is 2.29. The Morgan fingerprint density at radius 2 is 1.73 bits per heavy atom. The molecule has 3 aromatic rings. The molecule has 0 aliphatic rings. The highest BCUT2D eigenvalue weighted by molar-refractivity contribution is 5.95. The number of carbonyl (C=O) groups excluding carboxylic acids is 2. The van der Waals surface area contributed by atoms with E-state index in [1.165, 1.54) is 24.4 Å². The van der Waals surface area contributed by atoms with E-state index in [2.05, 4.69) is 10.5 Å². The van der Waals surface area contributed by atoms with Crippen LogP contribution in [0.4, 0.5) is 4.39 Å². The second-order valence-electron chi connectivity index (χ2n) is 6.07. The van der Waals surface area contributed by atoms with Gasteiger partial charge < -0.3 is 9.47 Å². The molecule has 152 valence electrons. The van der Waals surface area contributed by atoms with Crippen LogP contribution in [0.1, 0.15) is 33.2 Å². The summed E-state index contributed by atoms with van der Waals surface area (Å²) < 4.78 is 24.6. The minimum absolute atomic E-state index is 0.104. The normalized spacial score (nSPS) is 10.6. The van der Waals surface area contributed by atoms with Crippen LogP contribution in [0.25, 0.3) is 0 Å². The van der Waals surface area contributed by atoms with Crippen LogP contribution in [0.2, 0.25) is 0 Å². The predicted octanol–water partition coefficient (Wildman–Crippen LogP) is 4.21. The van der Waals surface area contributed by atoms with Crippen molar-refractivity contribution in [1.29, 1.82) is 0 Å². The molecule has 0 bridgehead atoms. The lowest BCUT2D eigenvalue weighted by atomic mass is 10.2. The van der Waals surface area contributed by atoms with Gasteiger partial charge in [-0.25, -0.2) is 14.6 Å². The van der Waals surface area contributed by atoms with Gasteiger partial charge in [0, 0.05) is 0 Å². The maximum atomic E-state index is 13.6. The van der Waals surface area contributed by atoms with Gasteiger partial charge in [-0.15, -0.1) is 0 Å². The Bertz CT molecular complexity index is 1070. The molecule has 0 saturated carbocycles. The minimum Gasteiger partial charge on any atom is -0.490 e. The SMILES string of the molecule is CCOc1cc(/C=N\NC(=O)c2ccccc2F)ccc1OC(=O)c1ccccc1. The molecule has 0 heterocycles. The Morgan fingerprint density at radius 3 is 2.47 bits per heavy atom. The number of nitrogens with zero attached hydrogens (tertiary/aromatic N) is 1. The molecule has 0 aliphatic heterocycles. The van der Waals surface area contributed by atoms with Crippen molar-refractivity contribution in [2.75, 3.05) is 6.61 Å². The maximum Gasteiger partial charge on any atom is 0.343 e. The summed E-state index contributed by atoms with van der Waals surface area (Å²) in [4.78, 5) is 24.3. The molecule has 0 atom stereocenters. The smallest absolute Gasteiger partial charge is 0.343 e. The van der Waals surface area contributed by atoms with E-state index < -0.39 is 17.7 Å². The Morgan fingerprint density at radius 1 is 1.00 bits per heavy atom. The molecule has 30 heavy (non-hydrogen) atoms. The first kappa shape index (κ1) is 20.7. The fourth-order valence-corrected chi connectivity index (χ4v) is 2.56. The van der Waals surface area contributed by atoms with Gasteiger partial charge in [0.1, 0.15) is 5.82 Å². The quantitative estimate of drug-likeness (QED) is 0.276. The number of esters is 1. The average Bonchev–Trinajstić information content (AvgIpc) is 2.76. The zero-order valence-corrected chi connectivity index (χ0v) is 16.2. The lowest BCUT2D eigenvalue weighted by Crippen LogP contribution is -2.18. The van der Waals surface area contributed by atoms with E-state index in [0.29, 0.717) is 23.5 Å². The number of halogens is 1. The molecule has 0 unspecified atom stereocenters. The highest BCUT2D eigenvalue weighted by atomic mass is 19.1. The molecule has 0 aromatic heterocycles. The number of ether oxygens (including phenoxy) is 2. The molecular weight excluding hydrogens is 387 g/mol. The maximum absolute atomic E-state index is 13.6. The van der Waals surface area contributed by atoms with Gasteiger partial charge in [-0.2, -0.15) is 5.10 Å². The standard InChI is InChI=1S/C23H19FN2O4/c1-2-29-21-14-16(15-25-26-22(27)18-10-6-7-11-19(18)24)12-13-20(21)30-23(28)17-8-4-3-5-9-17/h3-15H,2H2,1H3,(H,26,27)/b25-15-. The van der Waals surface area contributed by atoms with Gasteiger partial charge in [-0.3, -0.25) is 4.79 Å². The molecular formula is C23H19FN2O4. The second-order valence-corrected chi connectivity index (χ2v) is 6.07. The highest BCUT2D eigenvalue weighted by Gasteiger charge is 2.13. The Labute approximate surface area is 173 Å². The summed E-state index contributed by atoms with van der Waals surface area (Å²) in [6, 6.07) is 19.1. The molecule has 0 saturated heterocycles. The first-order chi connectivity index (χ1) is 14.6. The number of hydrogen-bond acceptors (Lipinski definition) is 5. The van der Waals surface area contributed by atoms with Gasteiger partial charge in [0.25, 0.3) is 5.91 Å². The molecule has 0 fully saturated rings. The topological polar surface area (TPSA) is 77.0 Å². The number of benzene rings is 3. The fourth-order valence-electron chi connectivity index (χ4n) is 2.56. The van der Waals surface area contributed by atoms with Crippen LogP contribution >= 0.6 is 0 Å². The molecule has 0 spiro atoms. The van der Waals surface area contributed by atoms with Crippen molar-refractivity contribution in [3.05, 3.63) is 95.3 Å². The van der Waals surface area contributed by atoms with Crippen LogP contribution in [0, 0.1) is 5.82 Å².